The first kappa shape index (κ1) is 13.8. The number of esters is 1. The molecule has 0 aromatic rings. The SMILES string of the molecule is CCCCC(C)(C)C(Cl)C(=O)OCC. The molecule has 0 aliphatic carbocycles. The van der Waals surface area contributed by atoms with E-state index >= 15 is 0 Å². The van der Waals surface area contributed by atoms with E-state index in [0.29, 0.717) is 6.61 Å². The molecule has 0 fully saturated rings. The topological polar surface area (TPSA) is 26.3 Å². The standard InChI is InChI=1S/C11H21ClO2/c1-5-7-8-11(3,4)9(12)10(13)14-6-2/h9H,5-8H2,1-4H3. The lowest BCUT2D eigenvalue weighted by Gasteiger charge is -2.28. The molecule has 1 atom stereocenters. The summed E-state index contributed by atoms with van der Waals surface area (Å²) in [6.07, 6.45) is 3.17. The van der Waals surface area contributed by atoms with Gasteiger partial charge in [-0.25, -0.2) is 0 Å². The zero-order valence-electron chi connectivity index (χ0n) is 9.60. The van der Waals surface area contributed by atoms with E-state index in [1.54, 1.807) is 6.92 Å². The first-order valence-corrected chi connectivity index (χ1v) is 5.70. The maximum absolute atomic E-state index is 11.4. The molecular weight excluding hydrogens is 200 g/mol. The third-order valence-electron chi connectivity index (χ3n) is 2.35. The normalized spacial score (nSPS) is 13.8. The summed E-state index contributed by atoms with van der Waals surface area (Å²) in [6, 6.07) is 0. The summed E-state index contributed by atoms with van der Waals surface area (Å²) in [5.41, 5.74) is -0.177. The van der Waals surface area contributed by atoms with Crippen LogP contribution in [0.5, 0.6) is 0 Å². The highest BCUT2D eigenvalue weighted by Gasteiger charge is 2.33. The summed E-state index contributed by atoms with van der Waals surface area (Å²) in [5.74, 6) is -0.296. The summed E-state index contributed by atoms with van der Waals surface area (Å²) in [5, 5.41) is -0.533. The number of hydrogen-bond acceptors (Lipinski definition) is 2. The summed E-state index contributed by atoms with van der Waals surface area (Å²) in [4.78, 5) is 11.4. The summed E-state index contributed by atoms with van der Waals surface area (Å²) >= 11 is 6.06. The van der Waals surface area contributed by atoms with E-state index in [-0.39, 0.29) is 11.4 Å². The lowest BCUT2D eigenvalue weighted by Crippen LogP contribution is -2.33. The van der Waals surface area contributed by atoms with Gasteiger partial charge in [0.25, 0.3) is 0 Å². The zero-order valence-corrected chi connectivity index (χ0v) is 10.4. The van der Waals surface area contributed by atoms with Crippen LogP contribution in [0.15, 0.2) is 0 Å². The van der Waals surface area contributed by atoms with Crippen LogP contribution in [0.2, 0.25) is 0 Å². The van der Waals surface area contributed by atoms with Crippen LogP contribution in [-0.2, 0) is 9.53 Å². The van der Waals surface area contributed by atoms with Gasteiger partial charge >= 0.3 is 5.97 Å². The van der Waals surface area contributed by atoms with E-state index < -0.39 is 5.38 Å². The van der Waals surface area contributed by atoms with Crippen LogP contribution in [0.3, 0.4) is 0 Å². The fourth-order valence-corrected chi connectivity index (χ4v) is 1.47. The van der Waals surface area contributed by atoms with E-state index in [2.05, 4.69) is 6.92 Å². The number of ether oxygens (including phenoxy) is 1. The van der Waals surface area contributed by atoms with Crippen molar-refractivity contribution in [1.29, 1.82) is 0 Å². The van der Waals surface area contributed by atoms with Gasteiger partial charge in [0.1, 0.15) is 5.38 Å². The van der Waals surface area contributed by atoms with E-state index in [9.17, 15) is 4.79 Å². The van der Waals surface area contributed by atoms with Gasteiger partial charge in [-0.1, -0.05) is 33.6 Å². The van der Waals surface area contributed by atoms with Crippen molar-refractivity contribution in [2.24, 2.45) is 5.41 Å². The number of rotatable bonds is 6. The molecule has 14 heavy (non-hydrogen) atoms. The third-order valence-corrected chi connectivity index (χ3v) is 3.12. The van der Waals surface area contributed by atoms with Gasteiger partial charge in [-0.05, 0) is 18.8 Å². The molecule has 1 unspecified atom stereocenters. The van der Waals surface area contributed by atoms with Crippen LogP contribution in [0.25, 0.3) is 0 Å². The molecule has 0 aliphatic heterocycles. The average molecular weight is 221 g/mol. The van der Waals surface area contributed by atoms with Gasteiger partial charge in [0.2, 0.25) is 0 Å². The Morgan fingerprint density at radius 1 is 1.43 bits per heavy atom. The van der Waals surface area contributed by atoms with Crippen LogP contribution in [0.1, 0.15) is 47.0 Å². The number of unbranched alkanes of at least 4 members (excludes halogenated alkanes) is 1. The fraction of sp³-hybridized carbons (Fsp3) is 0.909. The smallest absolute Gasteiger partial charge is 0.324 e. The highest BCUT2D eigenvalue weighted by molar-refractivity contribution is 6.30. The van der Waals surface area contributed by atoms with Crippen molar-refractivity contribution >= 4 is 17.6 Å². The Morgan fingerprint density at radius 3 is 2.43 bits per heavy atom. The monoisotopic (exact) mass is 220 g/mol. The quantitative estimate of drug-likeness (QED) is 0.507. The van der Waals surface area contributed by atoms with Crippen molar-refractivity contribution in [3.8, 4) is 0 Å². The van der Waals surface area contributed by atoms with Gasteiger partial charge in [0.05, 0.1) is 6.61 Å². The first-order valence-electron chi connectivity index (χ1n) is 5.26. The third kappa shape index (κ3) is 4.32. The van der Waals surface area contributed by atoms with Gasteiger partial charge in [-0.15, -0.1) is 11.6 Å². The van der Waals surface area contributed by atoms with E-state index in [1.807, 2.05) is 13.8 Å². The highest BCUT2D eigenvalue weighted by atomic mass is 35.5. The molecule has 0 N–H and O–H groups in total. The Hall–Kier alpha value is -0.240. The van der Waals surface area contributed by atoms with Crippen molar-refractivity contribution in [3.63, 3.8) is 0 Å². The van der Waals surface area contributed by atoms with Crippen LogP contribution in [0, 0.1) is 5.41 Å². The van der Waals surface area contributed by atoms with Gasteiger partial charge in [-0.2, -0.15) is 0 Å². The molecule has 0 bridgehead atoms. The van der Waals surface area contributed by atoms with Crippen molar-refractivity contribution in [1.82, 2.24) is 0 Å². The molecule has 2 nitrogen and oxygen atoms in total. The molecule has 0 amide bonds. The minimum atomic E-state index is -0.533. The van der Waals surface area contributed by atoms with Crippen molar-refractivity contribution in [3.05, 3.63) is 0 Å². The van der Waals surface area contributed by atoms with Gasteiger partial charge in [0, 0.05) is 0 Å². The molecule has 0 saturated heterocycles. The van der Waals surface area contributed by atoms with Crippen molar-refractivity contribution in [2.45, 2.75) is 52.3 Å². The zero-order chi connectivity index (χ0) is 11.2. The predicted molar refractivity (Wildman–Crippen MR) is 59.6 cm³/mol. The largest absolute Gasteiger partial charge is 0.465 e. The number of carbonyl (C=O) groups excluding carboxylic acids is 1. The minimum Gasteiger partial charge on any atom is -0.465 e. The Bertz CT molecular complexity index is 178. The summed E-state index contributed by atoms with van der Waals surface area (Å²) < 4.78 is 4.90. The molecule has 0 aromatic heterocycles. The van der Waals surface area contributed by atoms with Crippen LogP contribution in [-0.4, -0.2) is 18.0 Å². The molecule has 3 heteroatoms. The van der Waals surface area contributed by atoms with Crippen LogP contribution < -0.4 is 0 Å². The Labute approximate surface area is 92.0 Å². The second-order valence-corrected chi connectivity index (χ2v) is 4.64. The fourth-order valence-electron chi connectivity index (χ4n) is 1.29. The van der Waals surface area contributed by atoms with E-state index in [0.717, 1.165) is 19.3 Å². The Morgan fingerprint density at radius 2 is 2.00 bits per heavy atom. The van der Waals surface area contributed by atoms with Crippen LogP contribution in [0.4, 0.5) is 0 Å². The molecule has 0 aliphatic rings. The van der Waals surface area contributed by atoms with Crippen molar-refractivity contribution in [2.75, 3.05) is 6.61 Å². The number of alkyl halides is 1. The maximum Gasteiger partial charge on any atom is 0.324 e. The molecule has 0 aromatic carbocycles. The molecule has 0 heterocycles. The first-order chi connectivity index (χ1) is 6.45. The lowest BCUT2D eigenvalue weighted by molar-refractivity contribution is -0.144. The Kier molecular flexibility index (Phi) is 6.17. The average Bonchev–Trinajstić information content (AvgIpc) is 2.14. The molecule has 0 radical (unpaired) electrons. The summed E-state index contributed by atoms with van der Waals surface area (Å²) in [7, 11) is 0. The number of carbonyl (C=O) groups is 1. The maximum atomic E-state index is 11.4. The van der Waals surface area contributed by atoms with E-state index in [1.165, 1.54) is 0 Å². The van der Waals surface area contributed by atoms with E-state index in [4.69, 9.17) is 16.3 Å². The molecule has 0 spiro atoms. The minimum absolute atomic E-state index is 0.177. The second-order valence-electron chi connectivity index (χ2n) is 4.21. The molecule has 0 rings (SSSR count). The Balaban J connectivity index is 4.18. The highest BCUT2D eigenvalue weighted by Crippen LogP contribution is 2.32. The van der Waals surface area contributed by atoms with Gasteiger partial charge in [0.15, 0.2) is 0 Å². The molecule has 0 saturated carbocycles. The second kappa shape index (κ2) is 6.28. The number of hydrogen-bond donors (Lipinski definition) is 0. The van der Waals surface area contributed by atoms with Crippen molar-refractivity contribution < 1.29 is 9.53 Å². The van der Waals surface area contributed by atoms with Gasteiger partial charge in [-0.3, -0.25) is 4.79 Å². The molecule has 84 valence electrons. The summed E-state index contributed by atoms with van der Waals surface area (Å²) in [6.45, 7) is 8.34. The lowest BCUT2D eigenvalue weighted by atomic mass is 9.83. The molecular formula is C11H21ClO2. The van der Waals surface area contributed by atoms with Crippen LogP contribution >= 0.6 is 11.6 Å². The predicted octanol–water partition coefficient (Wildman–Crippen LogP) is 3.37. The van der Waals surface area contributed by atoms with Gasteiger partial charge < -0.3 is 4.74 Å². The number of halogens is 1.